The third-order valence-corrected chi connectivity index (χ3v) is 6.32. The van der Waals surface area contributed by atoms with Gasteiger partial charge in [-0.1, -0.05) is 18.6 Å². The molecule has 1 saturated carbocycles. The lowest BCUT2D eigenvalue weighted by Gasteiger charge is -2.31. The molecular weight excluding hydrogens is 395 g/mol. The van der Waals surface area contributed by atoms with Crippen molar-refractivity contribution in [3.63, 3.8) is 0 Å². The second kappa shape index (κ2) is 6.58. The lowest BCUT2D eigenvalue weighted by Crippen LogP contribution is -2.40. The molecule has 1 spiro atoms. The SMILES string of the molecule is O=S(=O)(Nc1ccc2c(c1)OC1(CCCCC1)O2)c1ccccc1C(F)(F)F. The number of rotatable bonds is 3. The normalized spacial score (nSPS) is 18.2. The van der Waals surface area contributed by atoms with Gasteiger partial charge in [-0.25, -0.2) is 8.42 Å². The molecule has 0 saturated heterocycles. The van der Waals surface area contributed by atoms with Crippen LogP contribution in [0.25, 0.3) is 0 Å². The van der Waals surface area contributed by atoms with E-state index in [4.69, 9.17) is 9.47 Å². The summed E-state index contributed by atoms with van der Waals surface area (Å²) in [4.78, 5) is -0.830. The minimum atomic E-state index is -4.78. The number of hydrogen-bond donors (Lipinski definition) is 1. The van der Waals surface area contributed by atoms with Gasteiger partial charge < -0.3 is 9.47 Å². The van der Waals surface area contributed by atoms with Crippen LogP contribution in [0.15, 0.2) is 47.4 Å². The van der Waals surface area contributed by atoms with E-state index in [1.54, 1.807) is 6.07 Å². The monoisotopic (exact) mass is 413 g/mol. The van der Waals surface area contributed by atoms with Crippen molar-refractivity contribution in [2.75, 3.05) is 4.72 Å². The fourth-order valence-electron chi connectivity index (χ4n) is 3.60. The Morgan fingerprint density at radius 3 is 2.32 bits per heavy atom. The van der Waals surface area contributed by atoms with E-state index in [0.717, 1.165) is 50.3 Å². The van der Waals surface area contributed by atoms with Crippen LogP contribution in [0.5, 0.6) is 11.5 Å². The van der Waals surface area contributed by atoms with Crippen molar-refractivity contribution in [2.24, 2.45) is 0 Å². The molecule has 1 heterocycles. The van der Waals surface area contributed by atoms with E-state index in [0.29, 0.717) is 11.5 Å². The Labute approximate surface area is 160 Å². The van der Waals surface area contributed by atoms with Crippen molar-refractivity contribution in [2.45, 2.75) is 49.0 Å². The van der Waals surface area contributed by atoms with Crippen molar-refractivity contribution in [3.05, 3.63) is 48.0 Å². The van der Waals surface area contributed by atoms with E-state index in [9.17, 15) is 21.6 Å². The number of fused-ring (bicyclic) bond motifs is 1. The maximum absolute atomic E-state index is 13.2. The molecule has 1 aliphatic carbocycles. The van der Waals surface area contributed by atoms with Crippen LogP contribution in [-0.2, 0) is 16.2 Å². The van der Waals surface area contributed by atoms with Gasteiger partial charge in [0.1, 0.15) is 0 Å². The van der Waals surface area contributed by atoms with Crippen molar-refractivity contribution in [1.82, 2.24) is 0 Å². The fourth-order valence-corrected chi connectivity index (χ4v) is 4.88. The maximum atomic E-state index is 13.2. The third-order valence-electron chi connectivity index (χ3n) is 4.89. The topological polar surface area (TPSA) is 64.6 Å². The van der Waals surface area contributed by atoms with E-state index in [2.05, 4.69) is 4.72 Å². The molecule has 1 N–H and O–H groups in total. The number of anilines is 1. The molecule has 0 atom stereocenters. The zero-order valence-corrected chi connectivity index (χ0v) is 15.6. The van der Waals surface area contributed by atoms with E-state index in [1.807, 2.05) is 0 Å². The van der Waals surface area contributed by atoms with Gasteiger partial charge in [-0.05, 0) is 37.1 Å². The van der Waals surface area contributed by atoms with E-state index >= 15 is 0 Å². The highest BCUT2D eigenvalue weighted by molar-refractivity contribution is 7.92. The smallest absolute Gasteiger partial charge is 0.417 e. The maximum Gasteiger partial charge on any atom is 0.417 e. The Balaban J connectivity index is 1.61. The predicted octanol–water partition coefficient (Wildman–Crippen LogP) is 4.94. The average Bonchev–Trinajstić information content (AvgIpc) is 2.98. The number of hydrogen-bond acceptors (Lipinski definition) is 4. The van der Waals surface area contributed by atoms with Gasteiger partial charge in [-0.15, -0.1) is 0 Å². The van der Waals surface area contributed by atoms with Crippen LogP contribution in [0.3, 0.4) is 0 Å². The lowest BCUT2D eigenvalue weighted by atomic mass is 9.94. The standard InChI is InChI=1S/C19H18F3NO4S/c20-19(21,22)14-6-2-3-7-17(14)28(24,25)23-13-8-9-15-16(12-13)27-18(26-15)10-4-1-5-11-18/h2-3,6-9,12,23H,1,4-5,10-11H2. The van der Waals surface area contributed by atoms with Crippen molar-refractivity contribution in [1.29, 1.82) is 0 Å². The first-order valence-electron chi connectivity index (χ1n) is 8.90. The minimum Gasteiger partial charge on any atom is -0.448 e. The Kier molecular flexibility index (Phi) is 4.45. The Bertz CT molecular complexity index is 998. The average molecular weight is 413 g/mol. The molecule has 1 fully saturated rings. The molecule has 2 aromatic rings. The van der Waals surface area contributed by atoms with Crippen molar-refractivity contribution >= 4 is 15.7 Å². The summed E-state index contributed by atoms with van der Waals surface area (Å²) in [5.74, 6) is 0.160. The van der Waals surface area contributed by atoms with Crippen molar-refractivity contribution < 1.29 is 31.1 Å². The van der Waals surface area contributed by atoms with Gasteiger partial charge in [0.15, 0.2) is 11.5 Å². The first-order valence-corrected chi connectivity index (χ1v) is 10.4. The zero-order valence-electron chi connectivity index (χ0n) is 14.8. The summed E-state index contributed by atoms with van der Waals surface area (Å²) >= 11 is 0. The minimum absolute atomic E-state index is 0.104. The van der Waals surface area contributed by atoms with Gasteiger partial charge in [0.05, 0.1) is 16.1 Å². The summed E-state index contributed by atoms with van der Waals surface area (Å²) in [6.07, 6.45) is -0.255. The quantitative estimate of drug-likeness (QED) is 0.774. The summed E-state index contributed by atoms with van der Waals surface area (Å²) in [7, 11) is -4.44. The van der Waals surface area contributed by atoms with Crippen LogP contribution in [0.4, 0.5) is 18.9 Å². The van der Waals surface area contributed by atoms with Crippen LogP contribution in [0.2, 0.25) is 0 Å². The van der Waals surface area contributed by atoms with Gasteiger partial charge >= 0.3 is 6.18 Å². The molecule has 0 unspecified atom stereocenters. The molecule has 5 nitrogen and oxygen atoms in total. The van der Waals surface area contributed by atoms with Crippen LogP contribution in [0.1, 0.15) is 37.7 Å². The summed E-state index contributed by atoms with van der Waals surface area (Å²) in [5, 5.41) is 0. The molecule has 150 valence electrons. The highest BCUT2D eigenvalue weighted by atomic mass is 32.2. The van der Waals surface area contributed by atoms with E-state index in [1.165, 1.54) is 18.2 Å². The van der Waals surface area contributed by atoms with Crippen LogP contribution in [0, 0.1) is 0 Å². The first kappa shape index (κ1) is 18.9. The first-order chi connectivity index (χ1) is 13.2. The van der Waals surface area contributed by atoms with Gasteiger partial charge in [0.2, 0.25) is 0 Å². The van der Waals surface area contributed by atoms with E-state index in [-0.39, 0.29) is 5.69 Å². The Hall–Kier alpha value is -2.42. The highest BCUT2D eigenvalue weighted by Gasteiger charge is 2.42. The molecule has 0 amide bonds. The molecule has 0 aromatic heterocycles. The Morgan fingerprint density at radius 1 is 0.929 bits per heavy atom. The van der Waals surface area contributed by atoms with Crippen LogP contribution < -0.4 is 14.2 Å². The second-order valence-corrected chi connectivity index (χ2v) is 8.59. The predicted molar refractivity (Wildman–Crippen MR) is 95.8 cm³/mol. The van der Waals surface area contributed by atoms with Gasteiger partial charge in [-0.2, -0.15) is 13.2 Å². The number of sulfonamides is 1. The highest BCUT2D eigenvalue weighted by Crippen LogP contribution is 2.46. The fraction of sp³-hybridized carbons (Fsp3) is 0.368. The van der Waals surface area contributed by atoms with Crippen LogP contribution in [-0.4, -0.2) is 14.2 Å². The molecule has 28 heavy (non-hydrogen) atoms. The van der Waals surface area contributed by atoms with Gasteiger partial charge in [0.25, 0.3) is 15.8 Å². The molecular formula is C19H18F3NO4S. The second-order valence-electron chi connectivity index (χ2n) is 6.94. The molecule has 0 bridgehead atoms. The third kappa shape index (κ3) is 3.50. The Morgan fingerprint density at radius 2 is 1.61 bits per heavy atom. The largest absolute Gasteiger partial charge is 0.448 e. The molecule has 0 radical (unpaired) electrons. The lowest BCUT2D eigenvalue weighted by molar-refractivity contribution is -0.139. The van der Waals surface area contributed by atoms with Crippen molar-refractivity contribution in [3.8, 4) is 11.5 Å². The summed E-state index contributed by atoms with van der Waals surface area (Å²) in [6.45, 7) is 0. The molecule has 9 heteroatoms. The number of nitrogens with one attached hydrogen (secondary N) is 1. The zero-order chi connectivity index (χ0) is 20.0. The number of benzene rings is 2. The molecule has 1 aliphatic heterocycles. The molecule has 4 rings (SSSR count). The summed E-state index contributed by atoms with van der Waals surface area (Å²) < 4.78 is 78.7. The molecule has 2 aliphatic rings. The number of halogens is 3. The summed E-state index contributed by atoms with van der Waals surface area (Å²) in [6, 6.07) is 8.49. The van der Waals surface area contributed by atoms with E-state index < -0.39 is 32.4 Å². The number of alkyl halides is 3. The van der Waals surface area contributed by atoms with Gasteiger partial charge in [-0.3, -0.25) is 4.72 Å². The molecule has 2 aromatic carbocycles. The van der Waals surface area contributed by atoms with Gasteiger partial charge in [0, 0.05) is 18.9 Å². The van der Waals surface area contributed by atoms with Crippen LogP contribution >= 0.6 is 0 Å². The summed E-state index contributed by atoms with van der Waals surface area (Å²) in [5.41, 5.74) is -1.11. The number of ether oxygens (including phenoxy) is 2.